The highest BCUT2D eigenvalue weighted by atomic mass is 16.5. The second kappa shape index (κ2) is 6.35. The molecule has 6 nitrogen and oxygen atoms in total. The second-order valence-corrected chi connectivity index (χ2v) is 7.16. The molecular weight excluding hydrogens is 314 g/mol. The lowest BCUT2D eigenvalue weighted by Gasteiger charge is -2.36. The third-order valence-corrected chi connectivity index (χ3v) is 5.70. The number of hydrogen-bond acceptors (Lipinski definition) is 6. The molecule has 0 radical (unpaired) electrons. The van der Waals surface area contributed by atoms with Gasteiger partial charge in [-0.15, -0.1) is 0 Å². The van der Waals surface area contributed by atoms with Crippen LogP contribution in [0.15, 0.2) is 30.7 Å². The van der Waals surface area contributed by atoms with Crippen LogP contribution in [0.25, 0.3) is 0 Å². The molecule has 2 bridgehead atoms. The minimum Gasteiger partial charge on any atom is -0.378 e. The van der Waals surface area contributed by atoms with Crippen molar-refractivity contribution >= 4 is 5.95 Å². The number of morpholine rings is 1. The lowest BCUT2D eigenvalue weighted by Crippen LogP contribution is -2.40. The Kier molecular flexibility index (Phi) is 3.87. The first-order valence-electron chi connectivity index (χ1n) is 9.21. The fraction of sp³-hybridized carbons (Fsp3) is 0.526. The van der Waals surface area contributed by atoms with Gasteiger partial charge in [0, 0.05) is 62.3 Å². The molecule has 2 atom stereocenters. The van der Waals surface area contributed by atoms with Gasteiger partial charge in [-0.05, 0) is 24.5 Å². The highest BCUT2D eigenvalue weighted by Gasteiger charge is 2.40. The Bertz CT molecular complexity index is 747. The van der Waals surface area contributed by atoms with Crippen LogP contribution in [0.5, 0.6) is 0 Å². The van der Waals surface area contributed by atoms with E-state index in [1.54, 1.807) is 0 Å². The van der Waals surface area contributed by atoms with Crippen molar-refractivity contribution in [3.05, 3.63) is 47.5 Å². The van der Waals surface area contributed by atoms with E-state index in [1.807, 2.05) is 18.5 Å². The molecule has 2 fully saturated rings. The molecule has 3 aliphatic heterocycles. The zero-order chi connectivity index (χ0) is 16.6. The van der Waals surface area contributed by atoms with Gasteiger partial charge in [-0.1, -0.05) is 6.07 Å². The van der Waals surface area contributed by atoms with Crippen molar-refractivity contribution in [2.75, 3.05) is 31.2 Å². The molecule has 2 aromatic rings. The molecule has 0 aliphatic carbocycles. The van der Waals surface area contributed by atoms with E-state index in [2.05, 4.69) is 27.0 Å². The zero-order valence-electron chi connectivity index (χ0n) is 14.3. The van der Waals surface area contributed by atoms with Crippen LogP contribution >= 0.6 is 0 Å². The molecule has 25 heavy (non-hydrogen) atoms. The summed E-state index contributed by atoms with van der Waals surface area (Å²) in [7, 11) is 0. The maximum absolute atomic E-state index is 5.44. The fourth-order valence-corrected chi connectivity index (χ4v) is 4.43. The lowest BCUT2D eigenvalue weighted by molar-refractivity contribution is 0.122. The van der Waals surface area contributed by atoms with Gasteiger partial charge in [-0.2, -0.15) is 0 Å². The fourth-order valence-electron chi connectivity index (χ4n) is 4.43. The minimum atomic E-state index is 0.452. The van der Waals surface area contributed by atoms with E-state index in [0.29, 0.717) is 12.1 Å². The number of ether oxygens (including phenoxy) is 1. The predicted molar refractivity (Wildman–Crippen MR) is 94.3 cm³/mol. The van der Waals surface area contributed by atoms with E-state index in [-0.39, 0.29) is 0 Å². The summed E-state index contributed by atoms with van der Waals surface area (Å²) < 4.78 is 5.44. The summed E-state index contributed by atoms with van der Waals surface area (Å²) in [6.45, 7) is 4.28. The maximum atomic E-state index is 5.44. The van der Waals surface area contributed by atoms with Crippen LogP contribution in [0.1, 0.15) is 35.7 Å². The van der Waals surface area contributed by atoms with Crippen LogP contribution in [0.3, 0.4) is 0 Å². The van der Waals surface area contributed by atoms with Gasteiger partial charge in [0.25, 0.3) is 0 Å². The highest BCUT2D eigenvalue weighted by molar-refractivity contribution is 5.37. The van der Waals surface area contributed by atoms with Gasteiger partial charge in [0.2, 0.25) is 5.95 Å². The van der Waals surface area contributed by atoms with Gasteiger partial charge in [0.1, 0.15) is 0 Å². The van der Waals surface area contributed by atoms with Crippen LogP contribution in [-0.2, 0) is 17.7 Å². The van der Waals surface area contributed by atoms with Crippen molar-refractivity contribution in [2.45, 2.75) is 37.9 Å². The normalized spacial score (nSPS) is 25.8. The van der Waals surface area contributed by atoms with E-state index in [1.165, 1.54) is 29.7 Å². The van der Waals surface area contributed by atoms with Gasteiger partial charge in [0.05, 0.1) is 18.9 Å². The molecular formula is C19H23N5O. The Labute approximate surface area is 147 Å². The molecule has 0 saturated carbocycles. The summed E-state index contributed by atoms with van der Waals surface area (Å²) in [4.78, 5) is 18.8. The van der Waals surface area contributed by atoms with Crippen molar-refractivity contribution in [3.63, 3.8) is 0 Å². The summed E-state index contributed by atoms with van der Waals surface area (Å²) >= 11 is 0. The Hall–Kier alpha value is -2.05. The van der Waals surface area contributed by atoms with E-state index in [0.717, 1.165) is 45.2 Å². The molecule has 2 saturated heterocycles. The van der Waals surface area contributed by atoms with E-state index in [4.69, 9.17) is 14.7 Å². The van der Waals surface area contributed by atoms with Crippen LogP contribution < -0.4 is 4.90 Å². The first kappa shape index (κ1) is 15.2. The average molecular weight is 337 g/mol. The minimum absolute atomic E-state index is 0.452. The third kappa shape index (κ3) is 2.79. The summed E-state index contributed by atoms with van der Waals surface area (Å²) in [5.41, 5.74) is 3.87. The number of pyridine rings is 1. The molecule has 0 spiro atoms. The van der Waals surface area contributed by atoms with Crippen molar-refractivity contribution < 1.29 is 4.74 Å². The standard InChI is InChI=1S/C19H23N5O/c1-2-14(11-20-5-1)13-24-15-3-4-18(24)16-12-21-19(22-17(16)10-15)23-6-8-25-9-7-23/h1-2,5,11-12,15,18H,3-4,6-10,13H2/t15-,18-/m0/s1. The maximum Gasteiger partial charge on any atom is 0.225 e. The predicted octanol–water partition coefficient (Wildman–Crippen LogP) is 1.97. The third-order valence-electron chi connectivity index (χ3n) is 5.70. The van der Waals surface area contributed by atoms with Gasteiger partial charge in [-0.3, -0.25) is 9.88 Å². The number of hydrogen-bond donors (Lipinski definition) is 0. The van der Waals surface area contributed by atoms with Crippen LogP contribution in [0.2, 0.25) is 0 Å². The van der Waals surface area contributed by atoms with Gasteiger partial charge in [0.15, 0.2) is 0 Å². The van der Waals surface area contributed by atoms with Gasteiger partial charge < -0.3 is 9.64 Å². The molecule has 130 valence electrons. The van der Waals surface area contributed by atoms with Crippen molar-refractivity contribution in [1.29, 1.82) is 0 Å². The number of nitrogens with zero attached hydrogens (tertiary/aromatic N) is 5. The average Bonchev–Trinajstić information content (AvgIpc) is 2.95. The number of aromatic nitrogens is 3. The zero-order valence-corrected chi connectivity index (χ0v) is 14.3. The highest BCUT2D eigenvalue weighted by Crippen LogP contribution is 2.43. The topological polar surface area (TPSA) is 54.4 Å². The SMILES string of the molecule is c1cncc(CN2[C@H]3CC[C@H]2c2cnc(N4CCOCC4)nc2C3)c1. The first-order chi connectivity index (χ1) is 12.4. The van der Waals surface area contributed by atoms with Crippen LogP contribution in [0.4, 0.5) is 5.95 Å². The number of rotatable bonds is 3. The summed E-state index contributed by atoms with van der Waals surface area (Å²) in [6, 6.07) is 5.23. The molecule has 0 N–H and O–H groups in total. The summed E-state index contributed by atoms with van der Waals surface area (Å²) in [5.74, 6) is 0.877. The Morgan fingerprint density at radius 3 is 2.92 bits per heavy atom. The van der Waals surface area contributed by atoms with Crippen molar-refractivity contribution in [3.8, 4) is 0 Å². The summed E-state index contributed by atoms with van der Waals surface area (Å²) in [6.07, 6.45) is 9.38. The first-order valence-corrected chi connectivity index (χ1v) is 9.21. The monoisotopic (exact) mass is 337 g/mol. The Morgan fingerprint density at radius 2 is 2.08 bits per heavy atom. The largest absolute Gasteiger partial charge is 0.378 e. The lowest BCUT2D eigenvalue weighted by atomic mass is 9.98. The van der Waals surface area contributed by atoms with Crippen LogP contribution in [0, 0.1) is 0 Å². The van der Waals surface area contributed by atoms with Crippen molar-refractivity contribution in [2.24, 2.45) is 0 Å². The molecule has 3 aliphatic rings. The Morgan fingerprint density at radius 1 is 1.16 bits per heavy atom. The molecule has 0 unspecified atom stereocenters. The smallest absolute Gasteiger partial charge is 0.225 e. The Balaban J connectivity index is 1.40. The molecule has 5 heterocycles. The quantitative estimate of drug-likeness (QED) is 0.853. The molecule has 6 heteroatoms. The van der Waals surface area contributed by atoms with E-state index >= 15 is 0 Å². The van der Waals surface area contributed by atoms with E-state index < -0.39 is 0 Å². The second-order valence-electron chi connectivity index (χ2n) is 7.16. The number of fused-ring (bicyclic) bond motifs is 4. The van der Waals surface area contributed by atoms with Gasteiger partial charge in [-0.25, -0.2) is 9.97 Å². The van der Waals surface area contributed by atoms with Gasteiger partial charge >= 0.3 is 0 Å². The summed E-state index contributed by atoms with van der Waals surface area (Å²) in [5, 5.41) is 0. The number of anilines is 1. The van der Waals surface area contributed by atoms with Crippen molar-refractivity contribution in [1.82, 2.24) is 19.9 Å². The molecule has 0 aromatic carbocycles. The molecule has 5 rings (SSSR count). The van der Waals surface area contributed by atoms with E-state index in [9.17, 15) is 0 Å². The molecule has 0 amide bonds. The molecule has 2 aromatic heterocycles. The van der Waals surface area contributed by atoms with Crippen LogP contribution in [-0.4, -0.2) is 52.2 Å².